The Morgan fingerprint density at radius 1 is 0.870 bits per heavy atom. The monoisotopic (exact) mass is 314 g/mol. The number of aromatic amines is 1. The van der Waals surface area contributed by atoms with Crippen molar-refractivity contribution in [3.8, 4) is 22.5 Å². The van der Waals surface area contributed by atoms with Crippen LogP contribution in [0.5, 0.6) is 0 Å². The van der Waals surface area contributed by atoms with E-state index >= 15 is 0 Å². The highest BCUT2D eigenvalue weighted by Gasteiger charge is 2.20. The molecule has 0 amide bonds. The lowest BCUT2D eigenvalue weighted by Crippen LogP contribution is -1.89. The second-order valence-electron chi connectivity index (χ2n) is 5.03. The number of nitrogens with zero attached hydrogens (tertiary/aromatic N) is 1. The van der Waals surface area contributed by atoms with Gasteiger partial charge in [0.15, 0.2) is 17.4 Å². The molecule has 2 aromatic carbocycles. The number of rotatable bonds is 2. The molecule has 2 aromatic heterocycles. The third kappa shape index (κ3) is 2.03. The molecule has 0 saturated heterocycles. The topological polar surface area (TPSA) is 41.8 Å². The Kier molecular flexibility index (Phi) is 2.97. The number of aromatic nitrogens is 2. The van der Waals surface area contributed by atoms with E-state index in [0.29, 0.717) is 22.0 Å². The average molecular weight is 314 g/mol. The first-order chi connectivity index (χ1) is 11.2. The molecule has 0 bridgehead atoms. The minimum atomic E-state index is -0.983. The minimum absolute atomic E-state index is 0.0343. The number of fused-ring (bicyclic) bond motifs is 1. The number of halogens is 3. The predicted octanol–water partition coefficient (Wildman–Crippen LogP) is 4.91. The summed E-state index contributed by atoms with van der Waals surface area (Å²) in [5, 5.41) is 4.25. The van der Waals surface area contributed by atoms with Gasteiger partial charge in [0.2, 0.25) is 0 Å². The fraction of sp³-hybridized carbons (Fsp3) is 0. The van der Waals surface area contributed by atoms with Gasteiger partial charge >= 0.3 is 0 Å². The summed E-state index contributed by atoms with van der Waals surface area (Å²) in [6.07, 6.45) is 2.86. The second kappa shape index (κ2) is 5.01. The van der Waals surface area contributed by atoms with Gasteiger partial charge in [-0.25, -0.2) is 13.2 Å². The zero-order valence-corrected chi connectivity index (χ0v) is 11.6. The molecule has 2 heterocycles. The second-order valence-corrected chi connectivity index (χ2v) is 5.03. The predicted molar refractivity (Wildman–Crippen MR) is 79.1 cm³/mol. The van der Waals surface area contributed by atoms with Crippen molar-refractivity contribution in [2.45, 2.75) is 0 Å². The number of H-pyrrole nitrogens is 1. The molecule has 0 aliphatic heterocycles. The SMILES string of the molecule is Fc1cccc(-c2cnoc2-c2c[nH]c3c(F)cccc23)c1F. The van der Waals surface area contributed by atoms with Crippen LogP contribution in [-0.4, -0.2) is 10.1 Å². The third-order valence-corrected chi connectivity index (χ3v) is 3.72. The minimum Gasteiger partial charge on any atom is -0.358 e. The maximum Gasteiger partial charge on any atom is 0.176 e. The summed E-state index contributed by atoms with van der Waals surface area (Å²) in [5.41, 5.74) is 1.17. The van der Waals surface area contributed by atoms with E-state index in [1.165, 1.54) is 24.4 Å². The van der Waals surface area contributed by atoms with Gasteiger partial charge in [-0.15, -0.1) is 0 Å². The van der Waals surface area contributed by atoms with Crippen LogP contribution >= 0.6 is 0 Å². The average Bonchev–Trinajstić information content (AvgIpc) is 3.16. The standard InChI is InChI=1S/C17H9F3N2O/c18-13-5-1-3-9(15(13)20)12-8-22-23-17(12)11-7-21-16-10(11)4-2-6-14(16)19/h1-8,21H. The Bertz CT molecular complexity index is 1020. The summed E-state index contributed by atoms with van der Waals surface area (Å²) in [6.45, 7) is 0. The van der Waals surface area contributed by atoms with Gasteiger partial charge in [-0.1, -0.05) is 29.4 Å². The summed E-state index contributed by atoms with van der Waals surface area (Å²) in [6, 6.07) is 8.47. The van der Waals surface area contributed by atoms with E-state index in [1.807, 2.05) is 0 Å². The summed E-state index contributed by atoms with van der Waals surface area (Å²) in [5.74, 6) is -2.11. The van der Waals surface area contributed by atoms with Crippen molar-refractivity contribution >= 4 is 10.9 Å². The van der Waals surface area contributed by atoms with Gasteiger partial charge < -0.3 is 9.51 Å². The largest absolute Gasteiger partial charge is 0.358 e. The maximum atomic E-state index is 14.1. The number of hydrogen-bond donors (Lipinski definition) is 1. The molecule has 0 aliphatic rings. The molecule has 1 N–H and O–H groups in total. The van der Waals surface area contributed by atoms with Crippen LogP contribution in [0, 0.1) is 17.5 Å². The Hall–Kier alpha value is -3.02. The lowest BCUT2D eigenvalue weighted by atomic mass is 10.0. The van der Waals surface area contributed by atoms with Crippen molar-refractivity contribution < 1.29 is 17.7 Å². The van der Waals surface area contributed by atoms with E-state index in [1.54, 1.807) is 18.3 Å². The molecule has 3 nitrogen and oxygen atoms in total. The van der Waals surface area contributed by atoms with Crippen LogP contribution in [0.3, 0.4) is 0 Å². The number of para-hydroxylation sites is 1. The van der Waals surface area contributed by atoms with Crippen LogP contribution in [0.25, 0.3) is 33.4 Å². The molecule has 0 radical (unpaired) electrons. The van der Waals surface area contributed by atoms with Crippen molar-refractivity contribution in [1.29, 1.82) is 0 Å². The van der Waals surface area contributed by atoms with Crippen molar-refractivity contribution in [2.75, 3.05) is 0 Å². The Morgan fingerprint density at radius 2 is 1.65 bits per heavy atom. The zero-order valence-electron chi connectivity index (χ0n) is 11.6. The van der Waals surface area contributed by atoms with E-state index < -0.39 is 17.5 Å². The van der Waals surface area contributed by atoms with Crippen molar-refractivity contribution in [3.63, 3.8) is 0 Å². The Morgan fingerprint density at radius 3 is 2.52 bits per heavy atom. The molecule has 0 saturated carbocycles. The molecule has 4 aromatic rings. The molecule has 114 valence electrons. The Labute approximate surface area is 128 Å². The van der Waals surface area contributed by atoms with Gasteiger partial charge in [0.25, 0.3) is 0 Å². The zero-order chi connectivity index (χ0) is 16.0. The van der Waals surface area contributed by atoms with E-state index in [4.69, 9.17) is 4.52 Å². The molecule has 4 rings (SSSR count). The highest BCUT2D eigenvalue weighted by molar-refractivity contribution is 5.97. The summed E-state index contributed by atoms with van der Waals surface area (Å²) in [4.78, 5) is 2.82. The van der Waals surface area contributed by atoms with Crippen LogP contribution in [-0.2, 0) is 0 Å². The molecular formula is C17H9F3N2O. The molecule has 23 heavy (non-hydrogen) atoms. The van der Waals surface area contributed by atoms with Gasteiger partial charge in [0.05, 0.1) is 17.3 Å². The molecule has 0 spiro atoms. The lowest BCUT2D eigenvalue weighted by molar-refractivity contribution is 0.432. The molecule has 6 heteroatoms. The first-order valence-electron chi connectivity index (χ1n) is 6.82. The first-order valence-corrected chi connectivity index (χ1v) is 6.82. The fourth-order valence-electron chi connectivity index (χ4n) is 2.64. The number of benzene rings is 2. The molecule has 0 aliphatic carbocycles. The van der Waals surface area contributed by atoms with Gasteiger partial charge in [0.1, 0.15) is 5.82 Å². The van der Waals surface area contributed by atoms with Crippen LogP contribution in [0.2, 0.25) is 0 Å². The molecule has 0 atom stereocenters. The highest BCUT2D eigenvalue weighted by atomic mass is 19.2. The van der Waals surface area contributed by atoms with E-state index in [9.17, 15) is 13.2 Å². The normalized spacial score (nSPS) is 11.3. The van der Waals surface area contributed by atoms with E-state index in [2.05, 4.69) is 10.1 Å². The van der Waals surface area contributed by atoms with Gasteiger partial charge in [-0.3, -0.25) is 0 Å². The number of hydrogen-bond acceptors (Lipinski definition) is 2. The smallest absolute Gasteiger partial charge is 0.176 e. The van der Waals surface area contributed by atoms with Crippen LogP contribution in [0.15, 0.2) is 53.3 Å². The summed E-state index contributed by atoms with van der Waals surface area (Å²) >= 11 is 0. The molecule has 0 fully saturated rings. The van der Waals surface area contributed by atoms with Gasteiger partial charge in [-0.2, -0.15) is 0 Å². The van der Waals surface area contributed by atoms with Crippen molar-refractivity contribution in [3.05, 3.63) is 66.2 Å². The van der Waals surface area contributed by atoms with Crippen LogP contribution in [0.4, 0.5) is 13.2 Å². The summed E-state index contributed by atoms with van der Waals surface area (Å²) in [7, 11) is 0. The van der Waals surface area contributed by atoms with Crippen molar-refractivity contribution in [2.24, 2.45) is 0 Å². The highest BCUT2D eigenvalue weighted by Crippen LogP contribution is 2.37. The van der Waals surface area contributed by atoms with Crippen LogP contribution in [0.1, 0.15) is 0 Å². The summed E-state index contributed by atoms with van der Waals surface area (Å²) < 4.78 is 46.5. The van der Waals surface area contributed by atoms with Crippen molar-refractivity contribution in [1.82, 2.24) is 10.1 Å². The third-order valence-electron chi connectivity index (χ3n) is 3.72. The lowest BCUT2D eigenvalue weighted by Gasteiger charge is -2.03. The maximum absolute atomic E-state index is 14.1. The van der Waals surface area contributed by atoms with Gasteiger partial charge in [-0.05, 0) is 12.1 Å². The van der Waals surface area contributed by atoms with E-state index in [0.717, 1.165) is 6.07 Å². The molecule has 0 unspecified atom stereocenters. The van der Waals surface area contributed by atoms with Crippen LogP contribution < -0.4 is 0 Å². The fourth-order valence-corrected chi connectivity index (χ4v) is 2.64. The molecular weight excluding hydrogens is 305 g/mol. The Balaban J connectivity index is 1.96. The quantitative estimate of drug-likeness (QED) is 0.571. The van der Waals surface area contributed by atoms with Gasteiger partial charge in [0, 0.05) is 22.7 Å². The number of nitrogens with one attached hydrogen (secondary N) is 1. The van der Waals surface area contributed by atoms with E-state index in [-0.39, 0.29) is 11.3 Å². The first kappa shape index (κ1) is 13.6.